The fourth-order valence-electron chi connectivity index (χ4n) is 1.67. The predicted molar refractivity (Wildman–Crippen MR) is 71.4 cm³/mol. The van der Waals surface area contributed by atoms with E-state index in [1.165, 1.54) is 30.3 Å². The van der Waals surface area contributed by atoms with Crippen LogP contribution in [0.5, 0.6) is 17.2 Å². The number of hydrogen-bond acceptors (Lipinski definition) is 4. The van der Waals surface area contributed by atoms with Crippen molar-refractivity contribution in [3.8, 4) is 23.3 Å². The molecule has 0 aliphatic rings. The predicted octanol–water partition coefficient (Wildman–Crippen LogP) is 2.87. The van der Waals surface area contributed by atoms with E-state index in [0.29, 0.717) is 11.1 Å². The topological polar surface area (TPSA) is 84.5 Å². The normalized spacial score (nSPS) is 11.0. The largest absolute Gasteiger partial charge is 0.508 e. The van der Waals surface area contributed by atoms with Gasteiger partial charge in [-0.3, -0.25) is 0 Å². The molecule has 2 aromatic rings. The van der Waals surface area contributed by atoms with Gasteiger partial charge in [0.05, 0.1) is 11.6 Å². The highest BCUT2D eigenvalue weighted by atomic mass is 16.3. The molecule has 0 aromatic heterocycles. The molecule has 4 nitrogen and oxygen atoms in total. The van der Waals surface area contributed by atoms with E-state index in [0.717, 1.165) is 5.56 Å². The lowest BCUT2D eigenvalue weighted by molar-refractivity contribution is 0.450. The molecule has 0 radical (unpaired) electrons. The van der Waals surface area contributed by atoms with Crippen molar-refractivity contribution in [1.82, 2.24) is 0 Å². The Morgan fingerprint density at radius 2 is 1.47 bits per heavy atom. The molecule has 0 spiro atoms. The van der Waals surface area contributed by atoms with Crippen molar-refractivity contribution in [3.63, 3.8) is 0 Å². The van der Waals surface area contributed by atoms with Gasteiger partial charge in [-0.15, -0.1) is 0 Å². The van der Waals surface area contributed by atoms with E-state index in [1.54, 1.807) is 18.2 Å². The summed E-state index contributed by atoms with van der Waals surface area (Å²) in [5.41, 5.74) is 1.46. The van der Waals surface area contributed by atoms with Crippen molar-refractivity contribution in [3.05, 3.63) is 53.6 Å². The molecule has 94 valence electrons. The maximum absolute atomic E-state index is 9.41. The summed E-state index contributed by atoms with van der Waals surface area (Å²) in [7, 11) is 0. The highest BCUT2D eigenvalue weighted by molar-refractivity contribution is 5.90. The Bertz CT molecular complexity index is 647. The van der Waals surface area contributed by atoms with Crippen molar-refractivity contribution >= 4 is 11.6 Å². The lowest BCUT2D eigenvalue weighted by Gasteiger charge is -2.02. The third-order valence-corrected chi connectivity index (χ3v) is 2.54. The zero-order valence-electron chi connectivity index (χ0n) is 9.91. The second-order valence-corrected chi connectivity index (χ2v) is 4.00. The van der Waals surface area contributed by atoms with E-state index in [9.17, 15) is 15.3 Å². The van der Waals surface area contributed by atoms with Gasteiger partial charge in [0.15, 0.2) is 0 Å². The minimum absolute atomic E-state index is 0.109. The highest BCUT2D eigenvalue weighted by Crippen LogP contribution is 2.26. The Hall–Kier alpha value is -2.93. The van der Waals surface area contributed by atoms with Gasteiger partial charge in [-0.05, 0) is 41.5 Å². The van der Waals surface area contributed by atoms with Gasteiger partial charge < -0.3 is 15.3 Å². The average molecular weight is 253 g/mol. The van der Waals surface area contributed by atoms with Gasteiger partial charge in [0.25, 0.3) is 0 Å². The molecule has 2 rings (SSSR count). The van der Waals surface area contributed by atoms with E-state index < -0.39 is 0 Å². The van der Waals surface area contributed by atoms with Gasteiger partial charge in [-0.1, -0.05) is 12.1 Å². The van der Waals surface area contributed by atoms with Crippen molar-refractivity contribution < 1.29 is 15.3 Å². The molecule has 0 aliphatic carbocycles. The molecule has 4 heteroatoms. The zero-order valence-corrected chi connectivity index (χ0v) is 9.91. The van der Waals surface area contributed by atoms with E-state index in [2.05, 4.69) is 0 Å². The number of allylic oxidation sites excluding steroid dienone is 1. The maximum atomic E-state index is 9.41. The molecule has 0 amide bonds. The Labute approximate surface area is 110 Å². The van der Waals surface area contributed by atoms with Gasteiger partial charge in [0.2, 0.25) is 0 Å². The van der Waals surface area contributed by atoms with Gasteiger partial charge in [-0.25, -0.2) is 0 Å². The summed E-state index contributed by atoms with van der Waals surface area (Å²) in [6, 6.07) is 12.4. The van der Waals surface area contributed by atoms with E-state index in [1.807, 2.05) is 6.07 Å². The summed E-state index contributed by atoms with van der Waals surface area (Å²) in [6.45, 7) is 0. The van der Waals surface area contributed by atoms with Crippen LogP contribution in [0.3, 0.4) is 0 Å². The summed E-state index contributed by atoms with van der Waals surface area (Å²) in [6.07, 6.45) is 1.60. The van der Waals surface area contributed by atoms with Gasteiger partial charge in [0.1, 0.15) is 17.2 Å². The lowest BCUT2D eigenvalue weighted by Crippen LogP contribution is -1.82. The standard InChI is InChI=1S/C15H11NO3/c16-9-12(5-10-1-3-13(17)4-2-10)11-6-14(18)8-15(19)7-11/h1-8,17-19H/b12-5+. The third-order valence-electron chi connectivity index (χ3n) is 2.54. The molecule has 0 fully saturated rings. The minimum Gasteiger partial charge on any atom is -0.508 e. The first-order valence-corrected chi connectivity index (χ1v) is 5.53. The average Bonchev–Trinajstić information content (AvgIpc) is 2.37. The molecule has 19 heavy (non-hydrogen) atoms. The molecular weight excluding hydrogens is 242 g/mol. The molecule has 0 saturated heterocycles. The number of phenols is 3. The maximum Gasteiger partial charge on any atom is 0.119 e. The number of nitriles is 1. The van der Waals surface area contributed by atoms with Crippen LogP contribution in [-0.4, -0.2) is 15.3 Å². The van der Waals surface area contributed by atoms with Gasteiger partial charge >= 0.3 is 0 Å². The Kier molecular flexibility index (Phi) is 3.39. The number of nitrogens with zero attached hydrogens (tertiary/aromatic N) is 1. The summed E-state index contributed by atoms with van der Waals surface area (Å²) in [4.78, 5) is 0. The van der Waals surface area contributed by atoms with Crippen LogP contribution in [0, 0.1) is 11.3 Å². The minimum atomic E-state index is -0.109. The number of rotatable bonds is 2. The lowest BCUT2D eigenvalue weighted by atomic mass is 10.0. The van der Waals surface area contributed by atoms with Crippen LogP contribution in [0.4, 0.5) is 0 Å². The van der Waals surface area contributed by atoms with Crippen molar-refractivity contribution in [1.29, 1.82) is 5.26 Å². The summed E-state index contributed by atoms with van der Waals surface area (Å²) < 4.78 is 0. The molecule has 2 aromatic carbocycles. The molecule has 3 N–H and O–H groups in total. The Morgan fingerprint density at radius 1 is 0.895 bits per heavy atom. The van der Waals surface area contributed by atoms with E-state index in [4.69, 9.17) is 5.26 Å². The SMILES string of the molecule is N#C/C(=C\c1ccc(O)cc1)c1cc(O)cc(O)c1. The fourth-order valence-corrected chi connectivity index (χ4v) is 1.67. The first-order valence-electron chi connectivity index (χ1n) is 5.53. The second kappa shape index (κ2) is 5.15. The first kappa shape index (κ1) is 12.5. The van der Waals surface area contributed by atoms with Crippen molar-refractivity contribution in [2.75, 3.05) is 0 Å². The molecule has 0 unspecified atom stereocenters. The smallest absolute Gasteiger partial charge is 0.119 e. The Balaban J connectivity index is 2.45. The molecule has 0 heterocycles. The Morgan fingerprint density at radius 3 is 2.00 bits per heavy atom. The van der Waals surface area contributed by atoms with Crippen LogP contribution in [0.1, 0.15) is 11.1 Å². The van der Waals surface area contributed by atoms with Gasteiger partial charge in [0, 0.05) is 6.07 Å². The summed E-state index contributed by atoms with van der Waals surface area (Å²) >= 11 is 0. The second-order valence-electron chi connectivity index (χ2n) is 4.00. The molecular formula is C15H11NO3. The molecule has 0 saturated carbocycles. The number of aromatic hydroxyl groups is 3. The summed E-state index contributed by atoms with van der Waals surface area (Å²) in [5.74, 6) is -0.0747. The van der Waals surface area contributed by atoms with Gasteiger partial charge in [-0.2, -0.15) is 5.26 Å². The van der Waals surface area contributed by atoms with Crippen LogP contribution in [0.25, 0.3) is 11.6 Å². The van der Waals surface area contributed by atoms with E-state index >= 15 is 0 Å². The fraction of sp³-hybridized carbons (Fsp3) is 0. The molecule has 0 bridgehead atoms. The number of phenolic OH excluding ortho intramolecular Hbond substituents is 3. The third kappa shape index (κ3) is 3.05. The van der Waals surface area contributed by atoms with Crippen LogP contribution in [0.15, 0.2) is 42.5 Å². The van der Waals surface area contributed by atoms with Crippen molar-refractivity contribution in [2.45, 2.75) is 0 Å². The number of hydrogen-bond donors (Lipinski definition) is 3. The van der Waals surface area contributed by atoms with Crippen LogP contribution >= 0.6 is 0 Å². The van der Waals surface area contributed by atoms with E-state index in [-0.39, 0.29) is 17.2 Å². The molecule has 0 atom stereocenters. The first-order chi connectivity index (χ1) is 9.08. The molecule has 0 aliphatic heterocycles. The van der Waals surface area contributed by atoms with Crippen LogP contribution in [0.2, 0.25) is 0 Å². The van der Waals surface area contributed by atoms with Crippen LogP contribution in [-0.2, 0) is 0 Å². The van der Waals surface area contributed by atoms with Crippen LogP contribution < -0.4 is 0 Å². The number of benzene rings is 2. The zero-order chi connectivity index (χ0) is 13.8. The quantitative estimate of drug-likeness (QED) is 0.567. The summed E-state index contributed by atoms with van der Waals surface area (Å²) in [5, 5.41) is 37.2. The van der Waals surface area contributed by atoms with Crippen molar-refractivity contribution in [2.24, 2.45) is 0 Å². The highest BCUT2D eigenvalue weighted by Gasteiger charge is 2.05. The monoisotopic (exact) mass is 253 g/mol.